The number of benzene rings is 2. The molecule has 6 nitrogen and oxygen atoms in total. The van der Waals surface area contributed by atoms with Crippen LogP contribution in [0.15, 0.2) is 65.3 Å². The van der Waals surface area contributed by atoms with Crippen LogP contribution in [0, 0.1) is 0 Å². The number of phenols is 1. The van der Waals surface area contributed by atoms with Crippen LogP contribution in [0.1, 0.15) is 45.3 Å². The minimum Gasteiger partial charge on any atom is -0.508 e. The summed E-state index contributed by atoms with van der Waals surface area (Å²) in [6.07, 6.45) is 3.36. The van der Waals surface area contributed by atoms with E-state index in [9.17, 15) is 14.7 Å². The summed E-state index contributed by atoms with van der Waals surface area (Å²) < 4.78 is 5.31. The Balaban J connectivity index is 1.43. The fraction of sp³-hybridized carbons (Fsp3) is 0.250. The number of aromatic hydroxyl groups is 1. The SMILES string of the molecule is O=C(NC1CCc2c(O)cccc21)C1Cc2ccccc2CN1C(=O)c1ccco1. The third-order valence-electron chi connectivity index (χ3n) is 6.11. The highest BCUT2D eigenvalue weighted by Crippen LogP contribution is 2.36. The van der Waals surface area contributed by atoms with Gasteiger partial charge in [-0.3, -0.25) is 9.59 Å². The quantitative estimate of drug-likeness (QED) is 0.704. The van der Waals surface area contributed by atoms with Gasteiger partial charge >= 0.3 is 0 Å². The Bertz CT molecular complexity index is 1110. The highest BCUT2D eigenvalue weighted by molar-refractivity contribution is 5.96. The van der Waals surface area contributed by atoms with Crippen LogP contribution in [-0.2, 0) is 24.2 Å². The first-order chi connectivity index (χ1) is 14.6. The molecule has 30 heavy (non-hydrogen) atoms. The van der Waals surface area contributed by atoms with Crippen molar-refractivity contribution in [3.63, 3.8) is 0 Å². The van der Waals surface area contributed by atoms with Crippen LogP contribution in [0.25, 0.3) is 0 Å². The molecule has 0 radical (unpaired) electrons. The van der Waals surface area contributed by atoms with Crippen molar-refractivity contribution >= 4 is 11.8 Å². The van der Waals surface area contributed by atoms with E-state index in [-0.39, 0.29) is 29.4 Å². The highest BCUT2D eigenvalue weighted by Gasteiger charge is 2.37. The van der Waals surface area contributed by atoms with Gasteiger partial charge in [-0.25, -0.2) is 0 Å². The number of hydrogen-bond acceptors (Lipinski definition) is 4. The molecule has 1 aromatic heterocycles. The normalized spacial score (nSPS) is 19.8. The van der Waals surface area contributed by atoms with Crippen LogP contribution in [0.3, 0.4) is 0 Å². The summed E-state index contributed by atoms with van der Waals surface area (Å²) in [6, 6.07) is 15.8. The second-order valence-corrected chi connectivity index (χ2v) is 7.84. The maximum absolute atomic E-state index is 13.3. The fourth-order valence-corrected chi connectivity index (χ4v) is 4.57. The van der Waals surface area contributed by atoms with Crippen molar-refractivity contribution in [2.24, 2.45) is 0 Å². The highest BCUT2D eigenvalue weighted by atomic mass is 16.3. The van der Waals surface area contributed by atoms with Crippen molar-refractivity contribution in [2.75, 3.05) is 0 Å². The van der Waals surface area contributed by atoms with Crippen LogP contribution in [0.5, 0.6) is 5.75 Å². The first-order valence-corrected chi connectivity index (χ1v) is 10.1. The molecule has 6 heteroatoms. The molecule has 2 aliphatic rings. The molecular weight excluding hydrogens is 380 g/mol. The third kappa shape index (κ3) is 3.14. The smallest absolute Gasteiger partial charge is 0.290 e. The van der Waals surface area contributed by atoms with Gasteiger partial charge in [-0.2, -0.15) is 0 Å². The number of hydrogen-bond donors (Lipinski definition) is 2. The number of phenolic OH excluding ortho intramolecular Hbond substituents is 1. The zero-order valence-electron chi connectivity index (χ0n) is 16.4. The molecule has 0 saturated heterocycles. The van der Waals surface area contributed by atoms with E-state index >= 15 is 0 Å². The average molecular weight is 402 g/mol. The van der Waals surface area contributed by atoms with E-state index < -0.39 is 6.04 Å². The van der Waals surface area contributed by atoms with Gasteiger partial charge in [0.2, 0.25) is 5.91 Å². The number of fused-ring (bicyclic) bond motifs is 2. The largest absolute Gasteiger partial charge is 0.508 e. The number of rotatable bonds is 3. The summed E-state index contributed by atoms with van der Waals surface area (Å²) in [4.78, 5) is 28.0. The fourth-order valence-electron chi connectivity index (χ4n) is 4.57. The van der Waals surface area contributed by atoms with Crippen molar-refractivity contribution in [3.8, 4) is 5.75 Å². The Hall–Kier alpha value is -3.54. The molecule has 2 heterocycles. The topological polar surface area (TPSA) is 82.8 Å². The molecule has 0 bridgehead atoms. The number of nitrogens with zero attached hydrogens (tertiary/aromatic N) is 1. The Kier molecular flexibility index (Phi) is 4.54. The number of carbonyl (C=O) groups excluding carboxylic acids is 2. The number of nitrogens with one attached hydrogen (secondary N) is 1. The molecule has 2 amide bonds. The van der Waals surface area contributed by atoms with Gasteiger partial charge in [0.1, 0.15) is 11.8 Å². The summed E-state index contributed by atoms with van der Waals surface area (Å²) >= 11 is 0. The second-order valence-electron chi connectivity index (χ2n) is 7.84. The zero-order chi connectivity index (χ0) is 20.7. The zero-order valence-corrected chi connectivity index (χ0v) is 16.4. The Morgan fingerprint density at radius 2 is 1.87 bits per heavy atom. The van der Waals surface area contributed by atoms with Crippen molar-refractivity contribution in [2.45, 2.75) is 37.9 Å². The standard InChI is InChI=1S/C24H22N2O4/c27-21-8-3-7-17-18(21)10-11-19(17)25-23(28)20-13-15-5-1-2-6-16(15)14-26(20)24(29)22-9-4-12-30-22/h1-9,12,19-20,27H,10-11,13-14H2,(H,25,28). The molecule has 3 aromatic rings. The molecule has 2 N–H and O–H groups in total. The molecule has 2 atom stereocenters. The lowest BCUT2D eigenvalue weighted by molar-refractivity contribution is -0.127. The van der Waals surface area contributed by atoms with E-state index in [0.29, 0.717) is 13.0 Å². The van der Waals surface area contributed by atoms with Crippen LogP contribution in [0.2, 0.25) is 0 Å². The molecular formula is C24H22N2O4. The lowest BCUT2D eigenvalue weighted by atomic mass is 9.93. The van der Waals surface area contributed by atoms with Gasteiger partial charge in [0.25, 0.3) is 5.91 Å². The summed E-state index contributed by atoms with van der Waals surface area (Å²) in [5.74, 6) is 0.0125. The molecule has 0 spiro atoms. The summed E-state index contributed by atoms with van der Waals surface area (Å²) in [5, 5.41) is 13.2. The van der Waals surface area contributed by atoms with Gasteiger partial charge in [-0.15, -0.1) is 0 Å². The second kappa shape index (κ2) is 7.37. The van der Waals surface area contributed by atoms with E-state index in [1.54, 1.807) is 29.2 Å². The van der Waals surface area contributed by atoms with Crippen molar-refractivity contribution < 1.29 is 19.1 Å². The summed E-state index contributed by atoms with van der Waals surface area (Å²) in [7, 11) is 0. The molecule has 5 rings (SSSR count). The third-order valence-corrected chi connectivity index (χ3v) is 6.11. The first-order valence-electron chi connectivity index (χ1n) is 10.1. The molecule has 1 aliphatic heterocycles. The van der Waals surface area contributed by atoms with Gasteiger partial charge in [0.15, 0.2) is 5.76 Å². The lowest BCUT2D eigenvalue weighted by Gasteiger charge is -2.36. The van der Waals surface area contributed by atoms with E-state index in [0.717, 1.165) is 35.1 Å². The molecule has 1 aliphatic carbocycles. The lowest BCUT2D eigenvalue weighted by Crippen LogP contribution is -2.53. The molecule has 2 unspecified atom stereocenters. The van der Waals surface area contributed by atoms with Crippen molar-refractivity contribution in [1.29, 1.82) is 0 Å². The first kappa shape index (κ1) is 18.5. The van der Waals surface area contributed by atoms with Crippen LogP contribution >= 0.6 is 0 Å². The number of amides is 2. The number of carbonyl (C=O) groups is 2. The predicted molar refractivity (Wildman–Crippen MR) is 110 cm³/mol. The van der Waals surface area contributed by atoms with E-state index in [4.69, 9.17) is 4.42 Å². The minimum absolute atomic E-state index is 0.169. The maximum Gasteiger partial charge on any atom is 0.290 e. The Morgan fingerprint density at radius 3 is 2.67 bits per heavy atom. The Labute approximate surface area is 174 Å². The van der Waals surface area contributed by atoms with E-state index in [1.165, 1.54) is 6.26 Å². The van der Waals surface area contributed by atoms with Gasteiger partial charge in [0, 0.05) is 13.0 Å². The van der Waals surface area contributed by atoms with Crippen LogP contribution < -0.4 is 5.32 Å². The van der Waals surface area contributed by atoms with Crippen molar-refractivity contribution in [3.05, 3.63) is 88.9 Å². The van der Waals surface area contributed by atoms with Gasteiger partial charge in [-0.1, -0.05) is 36.4 Å². The monoisotopic (exact) mass is 402 g/mol. The number of furan rings is 1. The molecule has 0 fully saturated rings. The predicted octanol–water partition coefficient (Wildman–Crippen LogP) is 3.36. The van der Waals surface area contributed by atoms with Crippen LogP contribution in [-0.4, -0.2) is 27.9 Å². The molecule has 0 saturated carbocycles. The van der Waals surface area contributed by atoms with Crippen molar-refractivity contribution in [1.82, 2.24) is 10.2 Å². The summed E-state index contributed by atoms with van der Waals surface area (Å²) in [6.45, 7) is 0.357. The summed E-state index contributed by atoms with van der Waals surface area (Å²) in [5.41, 5.74) is 3.95. The van der Waals surface area contributed by atoms with Gasteiger partial charge in [-0.05, 0) is 53.3 Å². The maximum atomic E-state index is 13.3. The average Bonchev–Trinajstić information content (AvgIpc) is 3.44. The van der Waals surface area contributed by atoms with E-state index in [2.05, 4.69) is 5.32 Å². The van der Waals surface area contributed by atoms with Gasteiger partial charge < -0.3 is 19.7 Å². The Morgan fingerprint density at radius 1 is 1.03 bits per heavy atom. The molecule has 152 valence electrons. The van der Waals surface area contributed by atoms with E-state index in [1.807, 2.05) is 30.3 Å². The minimum atomic E-state index is -0.626. The van der Waals surface area contributed by atoms with Gasteiger partial charge in [0.05, 0.1) is 12.3 Å². The van der Waals surface area contributed by atoms with Crippen LogP contribution in [0.4, 0.5) is 0 Å². The molecule has 2 aromatic carbocycles.